The molecule has 0 unspecified atom stereocenters. The monoisotopic (exact) mass is 438 g/mol. The van der Waals surface area contributed by atoms with Crippen LogP contribution in [0.3, 0.4) is 0 Å². The summed E-state index contributed by atoms with van der Waals surface area (Å²) < 4.78 is 15.9. The van der Waals surface area contributed by atoms with E-state index in [-0.39, 0.29) is 5.91 Å². The molecule has 29 heavy (non-hydrogen) atoms. The topological polar surface area (TPSA) is 69.7 Å². The van der Waals surface area contributed by atoms with E-state index in [0.717, 1.165) is 11.1 Å². The number of halogens is 2. The fourth-order valence-corrected chi connectivity index (χ4v) is 3.99. The number of amides is 1. The van der Waals surface area contributed by atoms with Crippen LogP contribution in [0.2, 0.25) is 10.0 Å². The lowest BCUT2D eigenvalue weighted by atomic mass is 9.73. The second kappa shape index (κ2) is 10.3. The average molecular weight is 439 g/mol. The molecule has 0 radical (unpaired) electrons. The van der Waals surface area contributed by atoms with Crippen molar-refractivity contribution >= 4 is 29.1 Å². The van der Waals surface area contributed by atoms with Gasteiger partial charge in [0, 0.05) is 49.2 Å². The van der Waals surface area contributed by atoms with Gasteiger partial charge in [-0.3, -0.25) is 4.79 Å². The van der Waals surface area contributed by atoms with Gasteiger partial charge in [0.2, 0.25) is 11.8 Å². The van der Waals surface area contributed by atoms with Crippen LogP contribution in [0.5, 0.6) is 5.88 Å². The Morgan fingerprint density at radius 1 is 1.21 bits per heavy atom. The summed E-state index contributed by atoms with van der Waals surface area (Å²) in [7, 11) is 1.62. The summed E-state index contributed by atoms with van der Waals surface area (Å²) in [6, 6.07) is 8.93. The van der Waals surface area contributed by atoms with E-state index >= 15 is 0 Å². The van der Waals surface area contributed by atoms with Gasteiger partial charge >= 0.3 is 0 Å². The molecule has 1 saturated heterocycles. The van der Waals surface area contributed by atoms with E-state index in [1.807, 2.05) is 12.1 Å². The van der Waals surface area contributed by atoms with Gasteiger partial charge in [0.25, 0.3) is 0 Å². The van der Waals surface area contributed by atoms with Crippen LogP contribution in [0.25, 0.3) is 0 Å². The molecule has 1 amide bonds. The highest BCUT2D eigenvalue weighted by Crippen LogP contribution is 2.40. The number of aromatic nitrogens is 1. The minimum Gasteiger partial charge on any atom is -0.475 e. The molecule has 0 atom stereocenters. The van der Waals surface area contributed by atoms with Crippen LogP contribution < -0.4 is 10.1 Å². The van der Waals surface area contributed by atoms with Gasteiger partial charge in [0.1, 0.15) is 6.61 Å². The van der Waals surface area contributed by atoms with Gasteiger partial charge in [0.05, 0.1) is 12.0 Å². The Morgan fingerprint density at radius 2 is 2.00 bits per heavy atom. The maximum Gasteiger partial charge on any atom is 0.231 e. The number of benzene rings is 1. The highest BCUT2D eigenvalue weighted by Gasteiger charge is 2.42. The molecule has 1 aromatic heterocycles. The molecule has 0 spiro atoms. The predicted molar refractivity (Wildman–Crippen MR) is 112 cm³/mol. The van der Waals surface area contributed by atoms with Crippen molar-refractivity contribution in [2.75, 3.05) is 33.5 Å². The molecule has 3 rings (SSSR count). The minimum atomic E-state index is -0.740. The van der Waals surface area contributed by atoms with Crippen LogP contribution in [0, 0.1) is 0 Å². The number of nitrogens with one attached hydrogen (secondary N) is 1. The highest BCUT2D eigenvalue weighted by atomic mass is 35.5. The van der Waals surface area contributed by atoms with Gasteiger partial charge in [-0.15, -0.1) is 0 Å². The molecule has 8 heteroatoms. The van der Waals surface area contributed by atoms with Crippen LogP contribution in [-0.4, -0.2) is 44.4 Å². The number of ether oxygens (including phenoxy) is 3. The second-order valence-electron chi connectivity index (χ2n) is 6.85. The molecule has 1 aliphatic rings. The van der Waals surface area contributed by atoms with Gasteiger partial charge in [-0.2, -0.15) is 0 Å². The molecular formula is C21H24Cl2N2O4. The lowest BCUT2D eigenvalue weighted by molar-refractivity contribution is -0.130. The Hall–Kier alpha value is -1.86. The molecule has 6 nitrogen and oxygen atoms in total. The van der Waals surface area contributed by atoms with Crippen LogP contribution in [0.15, 0.2) is 36.5 Å². The van der Waals surface area contributed by atoms with Gasteiger partial charge in [-0.1, -0.05) is 35.3 Å². The number of hydrogen-bond acceptors (Lipinski definition) is 5. The van der Waals surface area contributed by atoms with Gasteiger partial charge in [-0.05, 0) is 36.1 Å². The zero-order chi connectivity index (χ0) is 20.7. The van der Waals surface area contributed by atoms with Crippen LogP contribution in [0.4, 0.5) is 0 Å². The van der Waals surface area contributed by atoms with Gasteiger partial charge < -0.3 is 19.5 Å². The zero-order valence-electron chi connectivity index (χ0n) is 16.2. The van der Waals surface area contributed by atoms with Crippen molar-refractivity contribution < 1.29 is 19.0 Å². The Morgan fingerprint density at radius 3 is 2.66 bits per heavy atom. The normalized spacial score (nSPS) is 15.7. The molecule has 1 aromatic carbocycles. The van der Waals surface area contributed by atoms with Crippen molar-refractivity contribution in [3.05, 3.63) is 57.7 Å². The van der Waals surface area contributed by atoms with Crippen molar-refractivity contribution in [1.29, 1.82) is 0 Å². The number of pyridine rings is 1. The van der Waals surface area contributed by atoms with Crippen molar-refractivity contribution in [3.63, 3.8) is 0 Å². The molecule has 1 aliphatic heterocycles. The molecule has 0 saturated carbocycles. The Balaban J connectivity index is 1.69. The minimum absolute atomic E-state index is 0.0783. The molecule has 2 heterocycles. The largest absolute Gasteiger partial charge is 0.475 e. The number of rotatable bonds is 8. The summed E-state index contributed by atoms with van der Waals surface area (Å²) in [4.78, 5) is 17.5. The number of carbonyl (C=O) groups is 1. The van der Waals surface area contributed by atoms with Gasteiger partial charge in [0.15, 0.2) is 0 Å². The molecule has 0 aliphatic carbocycles. The van der Waals surface area contributed by atoms with E-state index < -0.39 is 5.41 Å². The van der Waals surface area contributed by atoms with Crippen molar-refractivity contribution in [2.45, 2.75) is 24.8 Å². The molecule has 1 fully saturated rings. The fraction of sp³-hybridized carbons (Fsp3) is 0.429. The molecule has 2 aromatic rings. The number of nitrogens with zero attached hydrogens (tertiary/aromatic N) is 1. The molecular weight excluding hydrogens is 415 g/mol. The molecule has 1 N–H and O–H groups in total. The maximum absolute atomic E-state index is 13.3. The zero-order valence-corrected chi connectivity index (χ0v) is 17.8. The Labute approximate surface area is 180 Å². The van der Waals surface area contributed by atoms with Crippen LogP contribution in [0.1, 0.15) is 24.0 Å². The smallest absolute Gasteiger partial charge is 0.231 e. The SMILES string of the molecule is COCCOc1ccc(CNC(=O)C2(c3ccc(Cl)cc3Cl)CCOCC2)cn1. The first-order valence-corrected chi connectivity index (χ1v) is 10.2. The van der Waals surface area contributed by atoms with E-state index in [0.29, 0.717) is 61.7 Å². The predicted octanol–water partition coefficient (Wildman–Crippen LogP) is 3.78. The van der Waals surface area contributed by atoms with E-state index in [9.17, 15) is 4.79 Å². The van der Waals surface area contributed by atoms with Crippen molar-refractivity contribution in [1.82, 2.24) is 10.3 Å². The van der Waals surface area contributed by atoms with E-state index in [4.69, 9.17) is 37.4 Å². The average Bonchev–Trinajstić information content (AvgIpc) is 2.73. The third kappa shape index (κ3) is 5.39. The number of carbonyl (C=O) groups excluding carboxylic acids is 1. The first-order chi connectivity index (χ1) is 14.0. The second-order valence-corrected chi connectivity index (χ2v) is 7.69. The maximum atomic E-state index is 13.3. The van der Waals surface area contributed by atoms with E-state index in [2.05, 4.69) is 10.3 Å². The summed E-state index contributed by atoms with van der Waals surface area (Å²) in [6.07, 6.45) is 2.81. The molecule has 0 bridgehead atoms. The lowest BCUT2D eigenvalue weighted by Crippen LogP contribution is -2.48. The first kappa shape index (κ1) is 21.8. The van der Waals surface area contributed by atoms with Gasteiger partial charge in [-0.25, -0.2) is 4.98 Å². The summed E-state index contributed by atoms with van der Waals surface area (Å²) in [6.45, 7) is 2.30. The number of methoxy groups -OCH3 is 1. The first-order valence-electron chi connectivity index (χ1n) is 9.43. The summed E-state index contributed by atoms with van der Waals surface area (Å²) >= 11 is 12.5. The third-order valence-electron chi connectivity index (χ3n) is 5.02. The Kier molecular flexibility index (Phi) is 7.72. The Bertz CT molecular complexity index is 824. The van der Waals surface area contributed by atoms with E-state index in [1.54, 1.807) is 31.5 Å². The van der Waals surface area contributed by atoms with E-state index in [1.165, 1.54) is 0 Å². The third-order valence-corrected chi connectivity index (χ3v) is 5.56. The van der Waals surface area contributed by atoms with Crippen LogP contribution >= 0.6 is 23.2 Å². The van der Waals surface area contributed by atoms with Crippen LogP contribution in [-0.2, 0) is 26.2 Å². The fourth-order valence-electron chi connectivity index (χ4n) is 3.40. The molecule has 156 valence electrons. The van der Waals surface area contributed by atoms with Crippen molar-refractivity contribution in [3.8, 4) is 5.88 Å². The quantitative estimate of drug-likeness (QED) is 0.635. The van der Waals surface area contributed by atoms with Crippen molar-refractivity contribution in [2.24, 2.45) is 0 Å². The number of hydrogen-bond donors (Lipinski definition) is 1. The summed E-state index contributed by atoms with van der Waals surface area (Å²) in [5.41, 5.74) is 0.919. The lowest BCUT2D eigenvalue weighted by Gasteiger charge is -2.36. The highest BCUT2D eigenvalue weighted by molar-refractivity contribution is 6.35. The summed E-state index contributed by atoms with van der Waals surface area (Å²) in [5, 5.41) is 4.07. The standard InChI is InChI=1S/C21H24Cl2N2O4/c1-27-10-11-29-19-5-2-15(13-24-19)14-25-20(26)21(6-8-28-9-7-21)17-4-3-16(22)12-18(17)23/h2-5,12-13H,6-11,14H2,1H3,(H,25,26). The summed E-state index contributed by atoms with van der Waals surface area (Å²) in [5.74, 6) is 0.441.